The summed E-state index contributed by atoms with van der Waals surface area (Å²) in [5.74, 6) is -0.737. The largest absolute Gasteiger partial charge is 0.337 e. The lowest BCUT2D eigenvalue weighted by atomic mass is 10.1. The molecule has 0 atom stereocenters. The molecule has 0 amide bonds. The molecule has 0 aliphatic heterocycles. The molecule has 5 aromatic rings. The smallest absolute Gasteiger partial charge is 0.317 e. The first kappa shape index (κ1) is 22.2. The van der Waals surface area contributed by atoms with Gasteiger partial charge in [-0.15, -0.1) is 0 Å². The van der Waals surface area contributed by atoms with Gasteiger partial charge >= 0.3 is 5.69 Å². The van der Waals surface area contributed by atoms with Crippen LogP contribution >= 0.6 is 0 Å². The molecule has 0 unspecified atom stereocenters. The SMILES string of the molecule is Cc1ccc(C(=O)Cn2cnc3c2c(=O)n(Cc2ccccc2)c(=O)n3-c2cccc(F)c2)cc1. The number of benzene rings is 3. The van der Waals surface area contributed by atoms with Crippen LogP contribution in [0.1, 0.15) is 21.5 Å². The van der Waals surface area contributed by atoms with E-state index >= 15 is 0 Å². The van der Waals surface area contributed by atoms with Crippen LogP contribution in [0.2, 0.25) is 0 Å². The van der Waals surface area contributed by atoms with Crippen LogP contribution in [0.15, 0.2) is 94.8 Å². The van der Waals surface area contributed by atoms with Crippen LogP contribution in [-0.2, 0) is 13.1 Å². The summed E-state index contributed by atoms with van der Waals surface area (Å²) in [7, 11) is 0. The van der Waals surface area contributed by atoms with E-state index in [2.05, 4.69) is 4.98 Å². The highest BCUT2D eigenvalue weighted by atomic mass is 19.1. The normalized spacial score (nSPS) is 11.1. The molecule has 35 heavy (non-hydrogen) atoms. The summed E-state index contributed by atoms with van der Waals surface area (Å²) >= 11 is 0. The Morgan fingerprint density at radius 1 is 0.943 bits per heavy atom. The van der Waals surface area contributed by atoms with Crippen molar-refractivity contribution >= 4 is 16.9 Å². The highest BCUT2D eigenvalue weighted by Crippen LogP contribution is 2.16. The third-order valence-corrected chi connectivity index (χ3v) is 5.84. The molecule has 3 aromatic carbocycles. The number of ketones is 1. The van der Waals surface area contributed by atoms with Crippen LogP contribution in [0.25, 0.3) is 16.9 Å². The van der Waals surface area contributed by atoms with Crippen LogP contribution < -0.4 is 11.2 Å². The lowest BCUT2D eigenvalue weighted by Crippen LogP contribution is -2.40. The molecule has 0 radical (unpaired) electrons. The number of halogens is 1. The third kappa shape index (κ3) is 4.21. The maximum absolute atomic E-state index is 14.1. The van der Waals surface area contributed by atoms with Gasteiger partial charge in [0, 0.05) is 5.56 Å². The highest BCUT2D eigenvalue weighted by molar-refractivity contribution is 5.96. The molecule has 2 heterocycles. The van der Waals surface area contributed by atoms with Crippen LogP contribution in [0.4, 0.5) is 4.39 Å². The maximum atomic E-state index is 14.1. The van der Waals surface area contributed by atoms with Gasteiger partial charge < -0.3 is 4.57 Å². The molecular formula is C27H21FN4O3. The molecule has 0 bridgehead atoms. The number of fused-ring (bicyclic) bond motifs is 1. The summed E-state index contributed by atoms with van der Waals surface area (Å²) in [6, 6.07) is 21.7. The molecule has 7 nitrogen and oxygen atoms in total. The topological polar surface area (TPSA) is 78.9 Å². The van der Waals surface area contributed by atoms with Gasteiger partial charge in [0.2, 0.25) is 0 Å². The molecule has 0 aliphatic rings. The summed E-state index contributed by atoms with van der Waals surface area (Å²) < 4.78 is 17.8. The van der Waals surface area contributed by atoms with Gasteiger partial charge in [0.15, 0.2) is 16.9 Å². The standard InChI is InChI=1S/C27H21FN4O3/c1-18-10-12-20(13-11-18)23(33)16-30-17-29-25-24(30)26(34)31(15-19-6-3-2-4-7-19)27(35)32(25)22-9-5-8-21(28)14-22/h2-14,17H,15-16H2,1H3. The fraction of sp³-hybridized carbons (Fsp3) is 0.111. The van der Waals surface area contributed by atoms with Gasteiger partial charge in [0.25, 0.3) is 5.56 Å². The average Bonchev–Trinajstić information content (AvgIpc) is 3.26. The predicted molar refractivity (Wildman–Crippen MR) is 131 cm³/mol. The minimum Gasteiger partial charge on any atom is -0.317 e. The van der Waals surface area contributed by atoms with Crippen molar-refractivity contribution in [3.8, 4) is 5.69 Å². The van der Waals surface area contributed by atoms with E-state index in [4.69, 9.17) is 0 Å². The molecule has 174 valence electrons. The Morgan fingerprint density at radius 3 is 2.40 bits per heavy atom. The van der Waals surface area contributed by atoms with Crippen molar-refractivity contribution in [1.29, 1.82) is 0 Å². The summed E-state index contributed by atoms with van der Waals surface area (Å²) in [6.07, 6.45) is 1.36. The van der Waals surface area contributed by atoms with E-state index in [0.717, 1.165) is 15.7 Å². The molecule has 0 saturated heterocycles. The number of aryl methyl sites for hydroxylation is 1. The van der Waals surface area contributed by atoms with E-state index in [1.165, 1.54) is 33.7 Å². The highest BCUT2D eigenvalue weighted by Gasteiger charge is 2.21. The molecule has 8 heteroatoms. The molecule has 0 saturated carbocycles. The van der Waals surface area contributed by atoms with E-state index in [9.17, 15) is 18.8 Å². The number of Topliss-reactive ketones (excluding diaryl/α,β-unsaturated/α-hetero) is 1. The number of imidazole rings is 1. The summed E-state index contributed by atoms with van der Waals surface area (Å²) in [5, 5.41) is 0. The second-order valence-corrected chi connectivity index (χ2v) is 8.31. The second-order valence-electron chi connectivity index (χ2n) is 8.31. The van der Waals surface area contributed by atoms with E-state index in [1.54, 1.807) is 30.3 Å². The lowest BCUT2D eigenvalue weighted by Gasteiger charge is -2.13. The summed E-state index contributed by atoms with van der Waals surface area (Å²) in [5.41, 5.74) is 1.44. The Balaban J connectivity index is 1.71. The molecule has 0 aliphatic carbocycles. The van der Waals surface area contributed by atoms with Crippen molar-refractivity contribution in [2.75, 3.05) is 0 Å². The van der Waals surface area contributed by atoms with Gasteiger partial charge in [-0.2, -0.15) is 0 Å². The van der Waals surface area contributed by atoms with Crippen LogP contribution in [0.3, 0.4) is 0 Å². The number of rotatable bonds is 6. The zero-order valence-corrected chi connectivity index (χ0v) is 18.9. The Hall–Kier alpha value is -4.59. The summed E-state index contributed by atoms with van der Waals surface area (Å²) in [4.78, 5) is 44.3. The first-order valence-corrected chi connectivity index (χ1v) is 11.0. The second kappa shape index (κ2) is 8.98. The predicted octanol–water partition coefficient (Wildman–Crippen LogP) is 3.73. The molecule has 0 fully saturated rings. The van der Waals surface area contributed by atoms with Gasteiger partial charge in [-0.3, -0.25) is 14.2 Å². The number of aromatic nitrogens is 4. The zero-order chi connectivity index (χ0) is 24.5. The Kier molecular flexibility index (Phi) is 5.70. The molecule has 5 rings (SSSR count). The molecule has 2 aromatic heterocycles. The van der Waals surface area contributed by atoms with E-state index < -0.39 is 17.1 Å². The van der Waals surface area contributed by atoms with Gasteiger partial charge in [-0.1, -0.05) is 66.2 Å². The van der Waals surface area contributed by atoms with Crippen molar-refractivity contribution in [2.24, 2.45) is 0 Å². The van der Waals surface area contributed by atoms with Gasteiger partial charge in [-0.25, -0.2) is 18.7 Å². The third-order valence-electron chi connectivity index (χ3n) is 5.84. The molecular weight excluding hydrogens is 447 g/mol. The van der Waals surface area contributed by atoms with Crippen molar-refractivity contribution in [2.45, 2.75) is 20.0 Å². The van der Waals surface area contributed by atoms with E-state index in [1.807, 2.05) is 37.3 Å². The maximum Gasteiger partial charge on any atom is 0.337 e. The van der Waals surface area contributed by atoms with E-state index in [0.29, 0.717) is 5.56 Å². The van der Waals surface area contributed by atoms with Gasteiger partial charge in [-0.05, 0) is 30.7 Å². The monoisotopic (exact) mass is 468 g/mol. The average molecular weight is 468 g/mol. The van der Waals surface area contributed by atoms with Gasteiger partial charge in [0.1, 0.15) is 5.82 Å². The Morgan fingerprint density at radius 2 is 1.69 bits per heavy atom. The lowest BCUT2D eigenvalue weighted by molar-refractivity contribution is 0.0973. The quantitative estimate of drug-likeness (QED) is 0.356. The number of carbonyl (C=O) groups is 1. The fourth-order valence-corrected chi connectivity index (χ4v) is 4.04. The van der Waals surface area contributed by atoms with Gasteiger partial charge in [0.05, 0.1) is 25.1 Å². The van der Waals surface area contributed by atoms with Crippen LogP contribution in [0.5, 0.6) is 0 Å². The first-order chi connectivity index (χ1) is 16.9. The minimum absolute atomic E-state index is 0.0147. The Labute approximate surface area is 199 Å². The fourth-order valence-electron chi connectivity index (χ4n) is 4.04. The van der Waals surface area contributed by atoms with Crippen molar-refractivity contribution in [3.63, 3.8) is 0 Å². The zero-order valence-electron chi connectivity index (χ0n) is 18.9. The van der Waals surface area contributed by atoms with Crippen molar-refractivity contribution in [1.82, 2.24) is 18.7 Å². The first-order valence-electron chi connectivity index (χ1n) is 11.0. The number of nitrogens with zero attached hydrogens (tertiary/aromatic N) is 4. The van der Waals surface area contributed by atoms with Crippen molar-refractivity contribution in [3.05, 3.63) is 129 Å². The van der Waals surface area contributed by atoms with Crippen LogP contribution in [-0.4, -0.2) is 24.5 Å². The number of carbonyl (C=O) groups excluding carboxylic acids is 1. The van der Waals surface area contributed by atoms with E-state index in [-0.39, 0.29) is 35.7 Å². The Bertz CT molecular complexity index is 1670. The van der Waals surface area contributed by atoms with Crippen LogP contribution in [0, 0.1) is 12.7 Å². The number of hydrogen-bond acceptors (Lipinski definition) is 4. The van der Waals surface area contributed by atoms with Crippen molar-refractivity contribution < 1.29 is 9.18 Å². The molecule has 0 spiro atoms. The molecule has 0 N–H and O–H groups in total. The number of hydrogen-bond donors (Lipinski definition) is 0. The minimum atomic E-state index is -0.646. The summed E-state index contributed by atoms with van der Waals surface area (Å²) in [6.45, 7) is 1.81.